The third kappa shape index (κ3) is 4.49. The number of benzene rings is 1. The van der Waals surface area contributed by atoms with Gasteiger partial charge in [-0.25, -0.2) is 0 Å². The van der Waals surface area contributed by atoms with Gasteiger partial charge < -0.3 is 10.1 Å². The van der Waals surface area contributed by atoms with Crippen LogP contribution in [-0.2, 0) is 11.3 Å². The smallest absolute Gasteiger partial charge is 0.0716 e. The molecule has 1 aromatic carbocycles. The molecule has 1 heterocycles. The molecular weight excluding hydrogens is 210 g/mol. The molecule has 0 aliphatic carbocycles. The summed E-state index contributed by atoms with van der Waals surface area (Å²) in [5, 5.41) is 3.45. The fourth-order valence-corrected chi connectivity index (χ4v) is 2.41. The maximum absolute atomic E-state index is 5.75. The Balaban J connectivity index is 1.62. The molecule has 1 saturated heterocycles. The van der Waals surface area contributed by atoms with Gasteiger partial charge >= 0.3 is 0 Å². The van der Waals surface area contributed by atoms with Gasteiger partial charge in [0.05, 0.1) is 6.61 Å². The minimum atomic E-state index is 0.752. The molecule has 0 aromatic heterocycles. The van der Waals surface area contributed by atoms with Crippen LogP contribution in [0.5, 0.6) is 0 Å². The highest BCUT2D eigenvalue weighted by atomic mass is 16.5. The largest absolute Gasteiger partial charge is 0.377 e. The number of rotatable bonds is 5. The van der Waals surface area contributed by atoms with E-state index in [4.69, 9.17) is 4.74 Å². The van der Waals surface area contributed by atoms with Gasteiger partial charge in [-0.15, -0.1) is 0 Å². The average Bonchev–Trinajstić information content (AvgIpc) is 2.36. The molecule has 1 aliphatic rings. The van der Waals surface area contributed by atoms with Crippen LogP contribution in [0.1, 0.15) is 30.4 Å². The van der Waals surface area contributed by atoms with Crippen LogP contribution in [0.4, 0.5) is 0 Å². The highest BCUT2D eigenvalue weighted by Gasteiger charge is 2.12. The lowest BCUT2D eigenvalue weighted by molar-refractivity contribution is 0.103. The molecule has 17 heavy (non-hydrogen) atoms. The summed E-state index contributed by atoms with van der Waals surface area (Å²) in [4.78, 5) is 0. The van der Waals surface area contributed by atoms with Crippen molar-refractivity contribution in [3.8, 4) is 0 Å². The normalized spacial score (nSPS) is 20.4. The van der Waals surface area contributed by atoms with Gasteiger partial charge in [-0.3, -0.25) is 0 Å². The van der Waals surface area contributed by atoms with Crippen molar-refractivity contribution < 1.29 is 4.74 Å². The summed E-state index contributed by atoms with van der Waals surface area (Å²) in [6.07, 6.45) is 3.88. The van der Waals surface area contributed by atoms with E-state index < -0.39 is 0 Å². The van der Waals surface area contributed by atoms with Crippen LogP contribution in [0, 0.1) is 12.8 Å². The van der Waals surface area contributed by atoms with Crippen LogP contribution in [0.2, 0.25) is 0 Å². The molecule has 1 N–H and O–H groups in total. The van der Waals surface area contributed by atoms with E-state index in [1.54, 1.807) is 0 Å². The minimum Gasteiger partial charge on any atom is -0.377 e. The van der Waals surface area contributed by atoms with Crippen molar-refractivity contribution in [2.45, 2.75) is 32.8 Å². The molecule has 0 unspecified atom stereocenters. The summed E-state index contributed by atoms with van der Waals surface area (Å²) >= 11 is 0. The first kappa shape index (κ1) is 12.6. The molecular formula is C15H23NO. The van der Waals surface area contributed by atoms with E-state index in [-0.39, 0.29) is 0 Å². The first-order valence-electron chi connectivity index (χ1n) is 6.68. The second-order valence-corrected chi connectivity index (χ2v) is 5.04. The third-order valence-electron chi connectivity index (χ3n) is 3.42. The number of nitrogens with one attached hydrogen (secondary N) is 1. The summed E-state index contributed by atoms with van der Waals surface area (Å²) in [6.45, 7) is 6.13. The Bertz CT molecular complexity index is 331. The first-order chi connectivity index (χ1) is 8.34. The van der Waals surface area contributed by atoms with Crippen LogP contribution in [0.15, 0.2) is 24.3 Å². The molecule has 1 aromatic rings. The standard InChI is InChI=1S/C15H23NO/c1-13-4-2-5-15(10-13)12-17-9-7-14-6-3-8-16-11-14/h2,4-5,10,14,16H,3,6-9,11-12H2,1H3/t14-/m1/s1. The Kier molecular flexibility index (Phi) is 5.02. The van der Waals surface area contributed by atoms with Crippen molar-refractivity contribution >= 4 is 0 Å². The molecule has 2 rings (SSSR count). The van der Waals surface area contributed by atoms with Gasteiger partial charge in [0.1, 0.15) is 0 Å². The molecule has 0 saturated carbocycles. The van der Waals surface area contributed by atoms with Crippen molar-refractivity contribution in [3.05, 3.63) is 35.4 Å². The lowest BCUT2D eigenvalue weighted by Crippen LogP contribution is -2.30. The van der Waals surface area contributed by atoms with Crippen molar-refractivity contribution in [2.24, 2.45) is 5.92 Å². The van der Waals surface area contributed by atoms with Gasteiger partial charge in [-0.2, -0.15) is 0 Å². The third-order valence-corrected chi connectivity index (χ3v) is 3.42. The van der Waals surface area contributed by atoms with Crippen LogP contribution < -0.4 is 5.32 Å². The quantitative estimate of drug-likeness (QED) is 0.790. The molecule has 0 radical (unpaired) electrons. The van der Waals surface area contributed by atoms with E-state index in [1.807, 2.05) is 0 Å². The molecule has 2 nitrogen and oxygen atoms in total. The van der Waals surface area contributed by atoms with E-state index in [0.717, 1.165) is 19.1 Å². The summed E-state index contributed by atoms with van der Waals surface area (Å²) in [7, 11) is 0. The van der Waals surface area contributed by atoms with E-state index in [2.05, 4.69) is 36.5 Å². The van der Waals surface area contributed by atoms with Crippen molar-refractivity contribution in [3.63, 3.8) is 0 Å². The Labute approximate surface area is 104 Å². The van der Waals surface area contributed by atoms with Gasteiger partial charge in [0.15, 0.2) is 0 Å². The summed E-state index contributed by atoms with van der Waals surface area (Å²) in [5.74, 6) is 0.821. The predicted octanol–water partition coefficient (Wildman–Crippen LogP) is 2.90. The van der Waals surface area contributed by atoms with Crippen LogP contribution in [0.25, 0.3) is 0 Å². The monoisotopic (exact) mass is 233 g/mol. The second kappa shape index (κ2) is 6.77. The zero-order valence-corrected chi connectivity index (χ0v) is 10.7. The summed E-state index contributed by atoms with van der Waals surface area (Å²) in [6, 6.07) is 8.55. The lowest BCUT2D eigenvalue weighted by Gasteiger charge is -2.22. The maximum Gasteiger partial charge on any atom is 0.0716 e. The fraction of sp³-hybridized carbons (Fsp3) is 0.600. The topological polar surface area (TPSA) is 21.3 Å². The van der Waals surface area contributed by atoms with Gasteiger partial charge in [0.2, 0.25) is 0 Å². The highest BCUT2D eigenvalue weighted by molar-refractivity contribution is 5.21. The van der Waals surface area contributed by atoms with Crippen molar-refractivity contribution in [1.29, 1.82) is 0 Å². The average molecular weight is 233 g/mol. The van der Waals surface area contributed by atoms with E-state index in [1.165, 1.54) is 43.5 Å². The molecule has 0 spiro atoms. The maximum atomic E-state index is 5.75. The Morgan fingerprint density at radius 3 is 3.12 bits per heavy atom. The number of piperidine rings is 1. The number of ether oxygens (including phenoxy) is 1. The van der Waals surface area contributed by atoms with Crippen molar-refractivity contribution in [1.82, 2.24) is 5.32 Å². The molecule has 1 aliphatic heterocycles. The Morgan fingerprint density at radius 2 is 2.35 bits per heavy atom. The van der Waals surface area contributed by atoms with Gasteiger partial charge in [-0.1, -0.05) is 29.8 Å². The van der Waals surface area contributed by atoms with Crippen LogP contribution in [0.3, 0.4) is 0 Å². The lowest BCUT2D eigenvalue weighted by atomic mass is 9.97. The summed E-state index contributed by atoms with van der Waals surface area (Å²) in [5.41, 5.74) is 2.59. The van der Waals surface area contributed by atoms with Crippen LogP contribution in [-0.4, -0.2) is 19.7 Å². The van der Waals surface area contributed by atoms with Gasteiger partial charge in [0.25, 0.3) is 0 Å². The minimum absolute atomic E-state index is 0.752. The second-order valence-electron chi connectivity index (χ2n) is 5.04. The molecule has 0 bridgehead atoms. The predicted molar refractivity (Wildman–Crippen MR) is 71.0 cm³/mol. The Morgan fingerprint density at radius 1 is 1.41 bits per heavy atom. The zero-order valence-electron chi connectivity index (χ0n) is 10.7. The van der Waals surface area contributed by atoms with Crippen molar-refractivity contribution in [2.75, 3.05) is 19.7 Å². The van der Waals surface area contributed by atoms with Crippen LogP contribution >= 0.6 is 0 Å². The summed E-state index contributed by atoms with van der Waals surface area (Å²) < 4.78 is 5.75. The first-order valence-corrected chi connectivity index (χ1v) is 6.68. The molecule has 1 atom stereocenters. The van der Waals surface area contributed by atoms with E-state index in [0.29, 0.717) is 0 Å². The van der Waals surface area contributed by atoms with Gasteiger partial charge in [0, 0.05) is 6.61 Å². The Hall–Kier alpha value is -0.860. The van der Waals surface area contributed by atoms with E-state index in [9.17, 15) is 0 Å². The molecule has 94 valence electrons. The highest BCUT2D eigenvalue weighted by Crippen LogP contribution is 2.14. The number of hydrogen-bond acceptors (Lipinski definition) is 2. The van der Waals surface area contributed by atoms with E-state index >= 15 is 0 Å². The number of hydrogen-bond donors (Lipinski definition) is 1. The molecule has 1 fully saturated rings. The molecule has 2 heteroatoms. The number of aryl methyl sites for hydroxylation is 1. The SMILES string of the molecule is Cc1cccc(COCC[C@H]2CCCNC2)c1. The fourth-order valence-electron chi connectivity index (χ4n) is 2.41. The molecule has 0 amide bonds. The van der Waals surface area contributed by atoms with Gasteiger partial charge in [-0.05, 0) is 50.8 Å². The zero-order chi connectivity index (χ0) is 11.9.